The first-order valence-corrected chi connectivity index (χ1v) is 11.4. The maximum Gasteiger partial charge on any atom is 0.270 e. The number of benzene rings is 2. The molecule has 2 aromatic carbocycles. The van der Waals surface area contributed by atoms with Crippen molar-refractivity contribution in [3.8, 4) is 0 Å². The van der Waals surface area contributed by atoms with Crippen LogP contribution in [0.15, 0.2) is 47.6 Å². The van der Waals surface area contributed by atoms with Crippen molar-refractivity contribution >= 4 is 57.5 Å². The average Bonchev–Trinajstić information content (AvgIpc) is 3.12. The zero-order chi connectivity index (χ0) is 23.3. The van der Waals surface area contributed by atoms with Crippen molar-refractivity contribution < 1.29 is 14.5 Å². The Morgan fingerprint density at radius 3 is 2.72 bits per heavy atom. The molecule has 2 N–H and O–H groups in total. The summed E-state index contributed by atoms with van der Waals surface area (Å²) in [5.74, 6) is 0.0124. The molecule has 166 valence electrons. The first kappa shape index (κ1) is 23.7. The summed E-state index contributed by atoms with van der Waals surface area (Å²) in [6.07, 6.45) is 0. The van der Waals surface area contributed by atoms with Gasteiger partial charge in [0.1, 0.15) is 0 Å². The number of non-ortho nitro benzene ring substituents is 1. The van der Waals surface area contributed by atoms with Crippen molar-refractivity contribution in [1.82, 2.24) is 20.1 Å². The summed E-state index contributed by atoms with van der Waals surface area (Å²) >= 11 is 3.44. The van der Waals surface area contributed by atoms with Crippen molar-refractivity contribution in [2.45, 2.75) is 18.6 Å². The highest BCUT2D eigenvalue weighted by Gasteiger charge is 2.15. The van der Waals surface area contributed by atoms with E-state index in [2.05, 4.69) is 43.4 Å². The maximum atomic E-state index is 12.3. The number of thioether (sulfide) groups is 1. The zero-order valence-corrected chi connectivity index (χ0v) is 20.1. The largest absolute Gasteiger partial charge is 0.345 e. The molecule has 0 radical (unpaired) electrons. The predicted octanol–water partition coefficient (Wildman–Crippen LogP) is 3.30. The third-order valence-corrected chi connectivity index (χ3v) is 6.14. The Balaban J connectivity index is 1.54. The molecule has 0 bridgehead atoms. The van der Waals surface area contributed by atoms with Gasteiger partial charge in [-0.2, -0.15) is 0 Å². The van der Waals surface area contributed by atoms with E-state index in [0.717, 1.165) is 14.8 Å². The summed E-state index contributed by atoms with van der Waals surface area (Å²) in [6, 6.07) is 11.2. The summed E-state index contributed by atoms with van der Waals surface area (Å²) in [5.41, 5.74) is 1.77. The van der Waals surface area contributed by atoms with Gasteiger partial charge in [-0.3, -0.25) is 19.7 Å². The van der Waals surface area contributed by atoms with Crippen LogP contribution in [0, 0.1) is 20.6 Å². The molecule has 32 heavy (non-hydrogen) atoms. The van der Waals surface area contributed by atoms with Gasteiger partial charge >= 0.3 is 0 Å². The third-order valence-electron chi connectivity index (χ3n) is 4.45. The first-order chi connectivity index (χ1) is 15.2. The maximum absolute atomic E-state index is 12.3. The minimum Gasteiger partial charge on any atom is -0.345 e. The fourth-order valence-corrected chi connectivity index (χ4v) is 4.11. The van der Waals surface area contributed by atoms with E-state index < -0.39 is 10.8 Å². The quantitative estimate of drug-likeness (QED) is 0.185. The molecule has 12 heteroatoms. The number of hydrogen-bond donors (Lipinski definition) is 2. The molecular formula is C20H19IN6O4S. The van der Waals surface area contributed by atoms with E-state index in [1.807, 2.05) is 25.1 Å². The molecule has 0 saturated carbocycles. The molecule has 0 fully saturated rings. The van der Waals surface area contributed by atoms with Gasteiger partial charge in [0.15, 0.2) is 11.0 Å². The molecule has 10 nitrogen and oxygen atoms in total. The summed E-state index contributed by atoms with van der Waals surface area (Å²) < 4.78 is 2.78. The van der Waals surface area contributed by atoms with Crippen molar-refractivity contribution in [3.05, 3.63) is 73.1 Å². The standard InChI is InChI=1S/C20H19IN6O4S/c1-12-8-14(21)6-7-16(12)23-18(28)11-32-20-25-24-17(26(20)2)10-22-19(29)13-4-3-5-15(9-13)27(30)31/h3-9H,10-11H2,1-2H3,(H,22,29)(H,23,28). The molecule has 0 spiro atoms. The van der Waals surface area contributed by atoms with E-state index in [1.54, 1.807) is 11.6 Å². The van der Waals surface area contributed by atoms with Crippen LogP contribution in [0.5, 0.6) is 0 Å². The number of hydrogen-bond acceptors (Lipinski definition) is 7. The lowest BCUT2D eigenvalue weighted by atomic mass is 10.2. The SMILES string of the molecule is Cc1cc(I)ccc1NC(=O)CSc1nnc(CNC(=O)c2cccc([N+](=O)[O-])c2)n1C. The number of amides is 2. The second kappa shape index (κ2) is 10.5. The van der Waals surface area contributed by atoms with Crippen molar-refractivity contribution in [1.29, 1.82) is 0 Å². The van der Waals surface area contributed by atoms with Gasteiger partial charge in [-0.1, -0.05) is 17.8 Å². The second-order valence-corrected chi connectivity index (χ2v) is 8.93. The number of aromatic nitrogens is 3. The van der Waals surface area contributed by atoms with Crippen molar-refractivity contribution in [2.75, 3.05) is 11.1 Å². The van der Waals surface area contributed by atoms with E-state index in [4.69, 9.17) is 0 Å². The van der Waals surface area contributed by atoms with Gasteiger partial charge in [0.05, 0.1) is 17.2 Å². The second-order valence-electron chi connectivity index (χ2n) is 6.74. The Kier molecular flexibility index (Phi) is 7.80. The lowest BCUT2D eigenvalue weighted by Crippen LogP contribution is -2.24. The zero-order valence-electron chi connectivity index (χ0n) is 17.2. The number of halogens is 1. The van der Waals surface area contributed by atoms with E-state index >= 15 is 0 Å². The molecule has 3 aromatic rings. The molecule has 0 aliphatic rings. The van der Waals surface area contributed by atoms with Gasteiger partial charge in [0, 0.05) is 34.0 Å². The smallest absolute Gasteiger partial charge is 0.270 e. The van der Waals surface area contributed by atoms with Gasteiger partial charge in [0.25, 0.3) is 11.6 Å². The predicted molar refractivity (Wildman–Crippen MR) is 129 cm³/mol. The Morgan fingerprint density at radius 1 is 1.22 bits per heavy atom. The number of nitro groups is 1. The number of rotatable bonds is 8. The Labute approximate surface area is 201 Å². The average molecular weight is 566 g/mol. The Hall–Kier alpha value is -3.00. The summed E-state index contributed by atoms with van der Waals surface area (Å²) in [4.78, 5) is 34.9. The number of anilines is 1. The summed E-state index contributed by atoms with van der Waals surface area (Å²) in [7, 11) is 1.73. The van der Waals surface area contributed by atoms with Crippen LogP contribution in [0.3, 0.4) is 0 Å². The number of carbonyl (C=O) groups is 2. The lowest BCUT2D eigenvalue weighted by Gasteiger charge is -2.09. The Morgan fingerprint density at radius 2 is 2.00 bits per heavy atom. The number of nitrogens with one attached hydrogen (secondary N) is 2. The first-order valence-electron chi connectivity index (χ1n) is 9.34. The molecule has 0 atom stereocenters. The van der Waals surface area contributed by atoms with Crippen LogP contribution in [0.1, 0.15) is 21.7 Å². The van der Waals surface area contributed by atoms with E-state index in [0.29, 0.717) is 11.0 Å². The molecule has 2 amide bonds. The molecule has 1 heterocycles. The highest BCUT2D eigenvalue weighted by Crippen LogP contribution is 2.20. The third kappa shape index (κ3) is 6.03. The van der Waals surface area contributed by atoms with Crippen molar-refractivity contribution in [3.63, 3.8) is 0 Å². The number of nitro benzene ring substituents is 1. The fourth-order valence-electron chi connectivity index (χ4n) is 2.73. The normalized spacial score (nSPS) is 10.6. The van der Waals surface area contributed by atoms with Crippen molar-refractivity contribution in [2.24, 2.45) is 7.05 Å². The van der Waals surface area contributed by atoms with Crippen LogP contribution in [0.2, 0.25) is 0 Å². The van der Waals surface area contributed by atoms with E-state index in [1.165, 1.54) is 36.0 Å². The lowest BCUT2D eigenvalue weighted by molar-refractivity contribution is -0.384. The molecule has 0 unspecified atom stereocenters. The number of aryl methyl sites for hydroxylation is 1. The van der Waals surface area contributed by atoms with Crippen LogP contribution in [-0.2, 0) is 18.4 Å². The molecular weight excluding hydrogens is 547 g/mol. The van der Waals surface area contributed by atoms with Crippen LogP contribution < -0.4 is 10.6 Å². The minimum absolute atomic E-state index is 0.0830. The van der Waals surface area contributed by atoms with Gasteiger partial charge in [-0.15, -0.1) is 10.2 Å². The monoisotopic (exact) mass is 566 g/mol. The molecule has 0 saturated heterocycles. The van der Waals surface area contributed by atoms with Gasteiger partial charge < -0.3 is 15.2 Å². The molecule has 3 rings (SSSR count). The van der Waals surface area contributed by atoms with Gasteiger partial charge in [-0.25, -0.2) is 0 Å². The summed E-state index contributed by atoms with van der Waals surface area (Å²) in [6.45, 7) is 2.02. The van der Waals surface area contributed by atoms with E-state index in [-0.39, 0.29) is 29.5 Å². The topological polar surface area (TPSA) is 132 Å². The molecule has 0 aliphatic carbocycles. The molecule has 0 aliphatic heterocycles. The van der Waals surface area contributed by atoms with Crippen LogP contribution in [0.25, 0.3) is 0 Å². The van der Waals surface area contributed by atoms with Crippen LogP contribution in [-0.4, -0.2) is 37.3 Å². The highest BCUT2D eigenvalue weighted by molar-refractivity contribution is 14.1. The van der Waals surface area contributed by atoms with Crippen LogP contribution >= 0.6 is 34.4 Å². The fraction of sp³-hybridized carbons (Fsp3) is 0.200. The minimum atomic E-state index is -0.557. The van der Waals surface area contributed by atoms with Gasteiger partial charge in [0.2, 0.25) is 5.91 Å². The van der Waals surface area contributed by atoms with Crippen LogP contribution in [0.4, 0.5) is 11.4 Å². The number of nitrogens with zero attached hydrogens (tertiary/aromatic N) is 4. The van der Waals surface area contributed by atoms with E-state index in [9.17, 15) is 19.7 Å². The highest BCUT2D eigenvalue weighted by atomic mass is 127. The Bertz CT molecular complexity index is 1180. The number of carbonyl (C=O) groups excluding carboxylic acids is 2. The van der Waals surface area contributed by atoms with Gasteiger partial charge in [-0.05, 0) is 59.3 Å². The summed E-state index contributed by atoms with van der Waals surface area (Å²) in [5, 5.41) is 25.1. The molecule has 1 aromatic heterocycles.